The maximum absolute atomic E-state index is 17.0. The van der Waals surface area contributed by atoms with Gasteiger partial charge < -0.3 is 19.7 Å². The van der Waals surface area contributed by atoms with E-state index in [1.54, 1.807) is 13.0 Å². The van der Waals surface area contributed by atoms with Crippen LogP contribution in [0, 0.1) is 28.6 Å². The molecule has 3 saturated carbocycles. The van der Waals surface area contributed by atoms with Gasteiger partial charge in [-0.25, -0.2) is 4.39 Å². The molecule has 4 rings (SSSR count). The molecule has 2 unspecified atom stereocenters. The lowest BCUT2D eigenvalue weighted by Crippen LogP contribution is -2.69. The number of carbonyl (C=O) groups is 2. The summed E-state index contributed by atoms with van der Waals surface area (Å²) in [6.45, 7) is 5.03. The van der Waals surface area contributed by atoms with Gasteiger partial charge in [0, 0.05) is 23.9 Å². The molecule has 0 aromatic rings. The average molecular weight is 437 g/mol. The molecule has 31 heavy (non-hydrogen) atoms. The first-order chi connectivity index (χ1) is 14.5. The molecule has 0 aliphatic heterocycles. The monoisotopic (exact) mass is 436 g/mol. The van der Waals surface area contributed by atoms with Crippen molar-refractivity contribution in [1.82, 2.24) is 0 Å². The zero-order valence-electron chi connectivity index (χ0n) is 18.7. The lowest BCUT2D eigenvalue weighted by Gasteiger charge is -2.62. The smallest absolute Gasteiger partial charge is 0.190 e. The van der Waals surface area contributed by atoms with Crippen LogP contribution in [0.1, 0.15) is 46.5 Å². The van der Waals surface area contributed by atoms with Gasteiger partial charge >= 0.3 is 0 Å². The standard InChI is InChI=1S/C24H33FO6/c1-14-9-18-17-6-5-15-10-16(26)7-8-21(15,2)23(17,25)19(27)11-22(18,3)24(14,29)20(28)12-31-13-30-4/h7-8,10,14,17-19,27,29H,5-6,9,11-13H2,1-4H3/t14?,17-,18-,19?,21-,22-,23-,24-/m0/s1. The number of carbonyl (C=O) groups excluding carboxylic acids is 2. The fourth-order valence-corrected chi connectivity index (χ4v) is 7.47. The third kappa shape index (κ3) is 2.76. The van der Waals surface area contributed by atoms with Crippen molar-refractivity contribution in [1.29, 1.82) is 0 Å². The Morgan fingerprint density at radius 2 is 2.03 bits per heavy atom. The van der Waals surface area contributed by atoms with Crippen LogP contribution in [0.2, 0.25) is 0 Å². The van der Waals surface area contributed by atoms with E-state index < -0.39 is 45.8 Å². The zero-order chi connectivity index (χ0) is 22.8. The number of methoxy groups -OCH3 is 1. The molecule has 0 aromatic carbocycles. The van der Waals surface area contributed by atoms with Crippen molar-refractivity contribution in [2.45, 2.75) is 63.8 Å². The van der Waals surface area contributed by atoms with Crippen molar-refractivity contribution >= 4 is 11.6 Å². The van der Waals surface area contributed by atoms with Crippen LogP contribution in [-0.4, -0.2) is 59.7 Å². The number of fused-ring (bicyclic) bond motifs is 5. The minimum absolute atomic E-state index is 0.0355. The Morgan fingerprint density at radius 3 is 2.71 bits per heavy atom. The van der Waals surface area contributed by atoms with Crippen LogP contribution in [0.5, 0.6) is 0 Å². The summed E-state index contributed by atoms with van der Waals surface area (Å²) in [5.41, 5.74) is -5.04. The maximum atomic E-state index is 17.0. The predicted octanol–water partition coefficient (Wildman–Crippen LogP) is 2.52. The Balaban J connectivity index is 1.73. The van der Waals surface area contributed by atoms with E-state index in [0.29, 0.717) is 24.8 Å². The van der Waals surface area contributed by atoms with E-state index in [1.165, 1.54) is 19.3 Å². The van der Waals surface area contributed by atoms with Crippen LogP contribution in [0.25, 0.3) is 0 Å². The normalized spacial score (nSPS) is 48.6. The summed E-state index contributed by atoms with van der Waals surface area (Å²) in [5.74, 6) is -1.83. The SMILES string of the molecule is COCOCC(=O)[C@@]1(O)C(C)C[C@H]2[C@@H]3CCC4=CC(=O)C=C[C@]4(C)[C@@]3(F)C(O)C[C@@]21C. The van der Waals surface area contributed by atoms with Crippen molar-refractivity contribution < 1.29 is 33.7 Å². The minimum atomic E-state index is -1.97. The average Bonchev–Trinajstić information content (AvgIpc) is 2.91. The second-order valence-corrected chi connectivity index (χ2v) is 10.3. The van der Waals surface area contributed by atoms with Gasteiger partial charge in [0.05, 0.1) is 6.10 Å². The topological polar surface area (TPSA) is 93.1 Å². The minimum Gasteiger partial charge on any atom is -0.390 e. The number of aliphatic hydroxyl groups excluding tert-OH is 1. The highest BCUT2D eigenvalue weighted by atomic mass is 19.1. The number of aliphatic hydroxyl groups is 2. The van der Waals surface area contributed by atoms with E-state index in [9.17, 15) is 19.8 Å². The highest BCUT2D eigenvalue weighted by Gasteiger charge is 2.75. The van der Waals surface area contributed by atoms with E-state index in [2.05, 4.69) is 0 Å². The van der Waals surface area contributed by atoms with Crippen LogP contribution in [0.15, 0.2) is 23.8 Å². The van der Waals surface area contributed by atoms with Crippen molar-refractivity contribution in [2.24, 2.45) is 28.6 Å². The Bertz CT molecular complexity index is 853. The molecule has 0 aromatic heterocycles. The zero-order valence-corrected chi connectivity index (χ0v) is 18.7. The molecule has 4 aliphatic rings. The number of allylic oxidation sites excluding steroid dienone is 4. The van der Waals surface area contributed by atoms with E-state index >= 15 is 4.39 Å². The highest BCUT2D eigenvalue weighted by molar-refractivity contribution is 6.01. The molecular weight excluding hydrogens is 403 g/mol. The van der Waals surface area contributed by atoms with Crippen LogP contribution in [-0.2, 0) is 19.1 Å². The van der Waals surface area contributed by atoms with Gasteiger partial charge in [0.2, 0.25) is 0 Å². The molecule has 0 amide bonds. The molecule has 8 atom stereocenters. The second kappa shape index (κ2) is 7.30. The summed E-state index contributed by atoms with van der Waals surface area (Å²) >= 11 is 0. The molecule has 4 aliphatic carbocycles. The van der Waals surface area contributed by atoms with Crippen LogP contribution >= 0.6 is 0 Å². The van der Waals surface area contributed by atoms with Crippen LogP contribution < -0.4 is 0 Å². The first-order valence-electron chi connectivity index (χ1n) is 11.1. The van der Waals surface area contributed by atoms with E-state index in [1.807, 2.05) is 13.8 Å². The summed E-state index contributed by atoms with van der Waals surface area (Å²) in [6.07, 6.45) is 4.59. The van der Waals surface area contributed by atoms with Gasteiger partial charge in [0.25, 0.3) is 0 Å². The molecule has 7 heteroatoms. The van der Waals surface area contributed by atoms with Crippen LogP contribution in [0.4, 0.5) is 4.39 Å². The van der Waals surface area contributed by atoms with E-state index in [0.717, 1.165) is 0 Å². The lowest BCUT2D eigenvalue weighted by molar-refractivity contribution is -0.220. The van der Waals surface area contributed by atoms with Crippen molar-refractivity contribution in [2.75, 3.05) is 20.5 Å². The molecule has 0 bridgehead atoms. The Kier molecular flexibility index (Phi) is 5.36. The third-order valence-electron chi connectivity index (χ3n) is 9.08. The number of hydrogen-bond acceptors (Lipinski definition) is 6. The predicted molar refractivity (Wildman–Crippen MR) is 111 cm³/mol. The van der Waals surface area contributed by atoms with Gasteiger partial charge in [0.1, 0.15) is 19.0 Å². The molecule has 172 valence electrons. The number of halogens is 1. The fourth-order valence-electron chi connectivity index (χ4n) is 7.47. The number of rotatable bonds is 5. The number of ketones is 2. The number of alkyl halides is 1. The Morgan fingerprint density at radius 1 is 1.32 bits per heavy atom. The summed E-state index contributed by atoms with van der Waals surface area (Å²) in [5, 5.41) is 23.0. The third-order valence-corrected chi connectivity index (χ3v) is 9.08. The van der Waals surface area contributed by atoms with Crippen molar-refractivity contribution in [3.05, 3.63) is 23.8 Å². The van der Waals surface area contributed by atoms with E-state index in [-0.39, 0.29) is 31.5 Å². The van der Waals surface area contributed by atoms with Gasteiger partial charge in [-0.3, -0.25) is 9.59 Å². The maximum Gasteiger partial charge on any atom is 0.190 e. The fraction of sp³-hybridized carbons (Fsp3) is 0.750. The summed E-state index contributed by atoms with van der Waals surface area (Å²) in [6, 6.07) is 0. The second-order valence-electron chi connectivity index (χ2n) is 10.3. The number of ether oxygens (including phenoxy) is 2. The van der Waals surface area contributed by atoms with Crippen LogP contribution in [0.3, 0.4) is 0 Å². The summed E-state index contributed by atoms with van der Waals surface area (Å²) in [7, 11) is 1.45. The molecular formula is C24H33FO6. The summed E-state index contributed by atoms with van der Waals surface area (Å²) < 4.78 is 27.1. The molecule has 3 fully saturated rings. The Hall–Kier alpha value is -1.41. The van der Waals surface area contributed by atoms with Gasteiger partial charge in [-0.1, -0.05) is 25.5 Å². The summed E-state index contributed by atoms with van der Waals surface area (Å²) in [4.78, 5) is 25.0. The molecule has 0 saturated heterocycles. The quantitative estimate of drug-likeness (QED) is 0.508. The van der Waals surface area contributed by atoms with Gasteiger partial charge in [-0.05, 0) is 56.6 Å². The van der Waals surface area contributed by atoms with Gasteiger partial charge in [-0.15, -0.1) is 0 Å². The highest BCUT2D eigenvalue weighted by Crippen LogP contribution is 2.70. The molecule has 2 N–H and O–H groups in total. The molecule has 0 heterocycles. The Labute approximate surface area is 182 Å². The van der Waals surface area contributed by atoms with Crippen molar-refractivity contribution in [3.8, 4) is 0 Å². The van der Waals surface area contributed by atoms with Gasteiger partial charge in [0.15, 0.2) is 17.2 Å². The first kappa shape index (κ1) is 22.8. The first-order valence-corrected chi connectivity index (χ1v) is 11.1. The van der Waals surface area contributed by atoms with E-state index in [4.69, 9.17) is 9.47 Å². The molecule has 6 nitrogen and oxygen atoms in total. The van der Waals surface area contributed by atoms with Crippen molar-refractivity contribution in [3.63, 3.8) is 0 Å². The largest absolute Gasteiger partial charge is 0.390 e. The molecule has 0 spiro atoms. The number of hydrogen-bond donors (Lipinski definition) is 2. The molecule has 0 radical (unpaired) electrons. The van der Waals surface area contributed by atoms with Gasteiger partial charge in [-0.2, -0.15) is 0 Å². The number of Topliss-reactive ketones (excluding diaryl/α,β-unsaturated/α-hetero) is 1. The lowest BCUT2D eigenvalue weighted by atomic mass is 9.44.